The molecule has 0 aliphatic heterocycles. The Kier molecular flexibility index (Phi) is 5.04. The molecule has 3 aromatic heterocycles. The number of aromatic nitrogens is 3. The average Bonchev–Trinajstić information content (AvgIpc) is 3.33. The molecule has 0 spiro atoms. The molecule has 0 radical (unpaired) electrons. The molecule has 0 aliphatic carbocycles. The standard InChI is InChI=1S/C21H18N4O4S/c1-13-8-17(14(2)24(13)10-16-4-3-7-30-16)20(26)11-23-12-22-19-6-5-15(25(28)29)9-18(19)21(23)27/h3-9,12H,10-11H2,1-2H3. The third-order valence-corrected chi connectivity index (χ3v) is 5.96. The van der Waals surface area contributed by atoms with Crippen LogP contribution in [-0.2, 0) is 13.1 Å². The van der Waals surface area contributed by atoms with Crippen molar-refractivity contribution in [3.63, 3.8) is 0 Å². The summed E-state index contributed by atoms with van der Waals surface area (Å²) in [7, 11) is 0. The van der Waals surface area contributed by atoms with Crippen LogP contribution in [0.5, 0.6) is 0 Å². The van der Waals surface area contributed by atoms with Gasteiger partial charge in [-0.05, 0) is 37.4 Å². The molecule has 4 aromatic rings. The van der Waals surface area contributed by atoms with E-state index in [9.17, 15) is 19.7 Å². The van der Waals surface area contributed by atoms with Crippen LogP contribution in [0.3, 0.4) is 0 Å². The number of carbonyl (C=O) groups is 1. The number of nitro benzene ring substituents is 1. The summed E-state index contributed by atoms with van der Waals surface area (Å²) in [6.45, 7) is 4.33. The number of non-ortho nitro benzene ring substituents is 1. The minimum absolute atomic E-state index is 0.114. The summed E-state index contributed by atoms with van der Waals surface area (Å²) >= 11 is 1.65. The zero-order chi connectivity index (χ0) is 21.4. The van der Waals surface area contributed by atoms with Gasteiger partial charge < -0.3 is 4.57 Å². The van der Waals surface area contributed by atoms with Crippen LogP contribution in [0, 0.1) is 24.0 Å². The number of rotatable bonds is 6. The van der Waals surface area contributed by atoms with Crippen LogP contribution in [0.25, 0.3) is 10.9 Å². The Balaban J connectivity index is 1.66. The van der Waals surface area contributed by atoms with Gasteiger partial charge in [-0.1, -0.05) is 6.07 Å². The molecule has 152 valence electrons. The third kappa shape index (κ3) is 3.55. The lowest BCUT2D eigenvalue weighted by Gasteiger charge is -2.09. The zero-order valence-electron chi connectivity index (χ0n) is 16.4. The van der Waals surface area contributed by atoms with E-state index in [4.69, 9.17) is 0 Å². The Morgan fingerprint density at radius 3 is 2.73 bits per heavy atom. The monoisotopic (exact) mass is 422 g/mol. The number of nitrogens with zero attached hydrogens (tertiary/aromatic N) is 4. The van der Waals surface area contributed by atoms with Crippen LogP contribution < -0.4 is 5.56 Å². The first-order chi connectivity index (χ1) is 14.3. The normalized spacial score (nSPS) is 11.1. The van der Waals surface area contributed by atoms with E-state index in [1.807, 2.05) is 37.4 Å². The fourth-order valence-electron chi connectivity index (χ4n) is 3.50. The first kappa shape index (κ1) is 19.7. The average molecular weight is 422 g/mol. The summed E-state index contributed by atoms with van der Waals surface area (Å²) < 4.78 is 3.27. The minimum atomic E-state index is -0.566. The van der Waals surface area contributed by atoms with Gasteiger partial charge >= 0.3 is 0 Å². The van der Waals surface area contributed by atoms with Crippen LogP contribution in [0.1, 0.15) is 26.6 Å². The molecule has 30 heavy (non-hydrogen) atoms. The van der Waals surface area contributed by atoms with Crippen molar-refractivity contribution in [1.29, 1.82) is 0 Å². The number of ketones is 1. The van der Waals surface area contributed by atoms with Crippen LogP contribution in [-0.4, -0.2) is 24.8 Å². The maximum absolute atomic E-state index is 13.0. The number of nitro groups is 1. The van der Waals surface area contributed by atoms with E-state index in [0.717, 1.165) is 11.4 Å². The third-order valence-electron chi connectivity index (χ3n) is 5.10. The van der Waals surface area contributed by atoms with Crippen LogP contribution >= 0.6 is 11.3 Å². The molecule has 0 bridgehead atoms. The summed E-state index contributed by atoms with van der Waals surface area (Å²) in [5.74, 6) is -0.214. The number of carbonyl (C=O) groups excluding carboxylic acids is 1. The zero-order valence-corrected chi connectivity index (χ0v) is 17.2. The Hall–Kier alpha value is -3.59. The fraction of sp³-hybridized carbons (Fsp3) is 0.190. The number of Topliss-reactive ketones (excluding diaryl/α,β-unsaturated/α-hetero) is 1. The molecule has 0 unspecified atom stereocenters. The highest BCUT2D eigenvalue weighted by atomic mass is 32.1. The summed E-state index contributed by atoms with van der Waals surface area (Å²) in [4.78, 5) is 41.5. The second-order valence-corrected chi connectivity index (χ2v) is 8.04. The smallest absolute Gasteiger partial charge is 0.270 e. The van der Waals surface area contributed by atoms with Gasteiger partial charge in [0, 0.05) is 34.0 Å². The van der Waals surface area contributed by atoms with Crippen molar-refractivity contribution in [3.8, 4) is 0 Å². The molecule has 0 atom stereocenters. The van der Waals surface area contributed by atoms with E-state index in [2.05, 4.69) is 9.55 Å². The van der Waals surface area contributed by atoms with Gasteiger partial charge in [0.1, 0.15) is 0 Å². The number of thiophene rings is 1. The summed E-state index contributed by atoms with van der Waals surface area (Å²) in [5, 5.41) is 13.1. The molecule has 0 aliphatic rings. The minimum Gasteiger partial charge on any atom is -0.343 e. The van der Waals surface area contributed by atoms with Gasteiger partial charge in [0.15, 0.2) is 5.78 Å². The predicted octanol–water partition coefficient (Wildman–Crippen LogP) is 3.72. The molecule has 9 heteroatoms. The fourth-order valence-corrected chi connectivity index (χ4v) is 4.19. The van der Waals surface area contributed by atoms with Crippen LogP contribution in [0.4, 0.5) is 5.69 Å². The SMILES string of the molecule is Cc1cc(C(=O)Cn2cnc3ccc([N+](=O)[O-])cc3c2=O)c(C)n1Cc1cccs1. The maximum Gasteiger partial charge on any atom is 0.270 e. The van der Waals surface area contributed by atoms with E-state index >= 15 is 0 Å². The summed E-state index contributed by atoms with van der Waals surface area (Å²) in [6.07, 6.45) is 1.30. The first-order valence-electron chi connectivity index (χ1n) is 9.21. The Bertz CT molecular complexity index is 1340. The van der Waals surface area contributed by atoms with Crippen molar-refractivity contribution in [2.24, 2.45) is 0 Å². The molecule has 4 rings (SSSR count). The molecule has 8 nitrogen and oxygen atoms in total. The maximum atomic E-state index is 13.0. The van der Waals surface area contributed by atoms with Crippen molar-refractivity contribution in [1.82, 2.24) is 14.1 Å². The lowest BCUT2D eigenvalue weighted by molar-refractivity contribution is -0.384. The number of hydrogen-bond acceptors (Lipinski definition) is 6. The molecule has 0 saturated carbocycles. The van der Waals surface area contributed by atoms with Crippen molar-refractivity contribution in [2.75, 3.05) is 0 Å². The highest BCUT2D eigenvalue weighted by Gasteiger charge is 2.18. The van der Waals surface area contributed by atoms with Gasteiger partial charge in [0.25, 0.3) is 11.2 Å². The number of aryl methyl sites for hydroxylation is 1. The van der Waals surface area contributed by atoms with Crippen molar-refractivity contribution >= 4 is 33.7 Å². The van der Waals surface area contributed by atoms with E-state index < -0.39 is 10.5 Å². The quantitative estimate of drug-likeness (QED) is 0.268. The van der Waals surface area contributed by atoms with Gasteiger partial charge in [0.05, 0.1) is 35.2 Å². The molecular formula is C21H18N4O4S. The number of fused-ring (bicyclic) bond motifs is 1. The van der Waals surface area contributed by atoms with Crippen LogP contribution in [0.2, 0.25) is 0 Å². The van der Waals surface area contributed by atoms with Crippen molar-refractivity contribution < 1.29 is 9.72 Å². The molecule has 0 saturated heterocycles. The second kappa shape index (κ2) is 7.68. The second-order valence-electron chi connectivity index (χ2n) is 7.01. The van der Waals surface area contributed by atoms with Gasteiger partial charge in [-0.15, -0.1) is 11.3 Å². The van der Waals surface area contributed by atoms with Crippen LogP contribution in [0.15, 0.2) is 52.9 Å². The highest BCUT2D eigenvalue weighted by Crippen LogP contribution is 2.20. The number of hydrogen-bond donors (Lipinski definition) is 0. The van der Waals surface area contributed by atoms with E-state index in [1.165, 1.54) is 34.0 Å². The summed E-state index contributed by atoms with van der Waals surface area (Å²) in [6, 6.07) is 9.79. The van der Waals surface area contributed by atoms with Crippen molar-refractivity contribution in [3.05, 3.63) is 90.4 Å². The van der Waals surface area contributed by atoms with Gasteiger partial charge in [-0.25, -0.2) is 4.98 Å². The molecule has 0 amide bonds. The summed E-state index contributed by atoms with van der Waals surface area (Å²) in [5.41, 5.74) is 2.03. The molecule has 1 aromatic carbocycles. The first-order valence-corrected chi connectivity index (χ1v) is 10.1. The molecular weight excluding hydrogens is 404 g/mol. The van der Waals surface area contributed by atoms with Gasteiger partial charge in [-0.2, -0.15) is 0 Å². The molecule has 0 N–H and O–H groups in total. The Morgan fingerprint density at radius 1 is 1.23 bits per heavy atom. The topological polar surface area (TPSA) is 100 Å². The molecule has 0 fully saturated rings. The largest absolute Gasteiger partial charge is 0.343 e. The highest BCUT2D eigenvalue weighted by molar-refractivity contribution is 7.09. The lowest BCUT2D eigenvalue weighted by atomic mass is 10.1. The Labute approximate surface area is 175 Å². The van der Waals surface area contributed by atoms with E-state index in [0.29, 0.717) is 17.6 Å². The van der Waals surface area contributed by atoms with Gasteiger partial charge in [0.2, 0.25) is 0 Å². The van der Waals surface area contributed by atoms with Crippen molar-refractivity contribution in [2.45, 2.75) is 26.9 Å². The van der Waals surface area contributed by atoms with E-state index in [1.54, 1.807) is 11.3 Å². The number of benzene rings is 1. The lowest BCUT2D eigenvalue weighted by Crippen LogP contribution is -2.25. The Morgan fingerprint density at radius 2 is 2.03 bits per heavy atom. The van der Waals surface area contributed by atoms with Gasteiger partial charge in [-0.3, -0.25) is 24.3 Å². The molecule has 3 heterocycles. The predicted molar refractivity (Wildman–Crippen MR) is 114 cm³/mol. The van der Waals surface area contributed by atoms with E-state index in [-0.39, 0.29) is 23.4 Å².